The third-order valence-electron chi connectivity index (χ3n) is 3.16. The number of hydrogen-bond donors (Lipinski definition) is 0. The molecule has 0 bridgehead atoms. The van der Waals surface area contributed by atoms with Gasteiger partial charge >= 0.3 is 6.18 Å². The third kappa shape index (κ3) is 3.22. The van der Waals surface area contributed by atoms with Crippen LogP contribution in [0.4, 0.5) is 13.2 Å². The van der Waals surface area contributed by atoms with Crippen molar-refractivity contribution in [2.24, 2.45) is 0 Å². The average Bonchev–Trinajstić information content (AvgIpc) is 2.47. The zero-order valence-corrected chi connectivity index (χ0v) is 10.9. The van der Waals surface area contributed by atoms with Gasteiger partial charge in [-0.2, -0.15) is 13.2 Å². The summed E-state index contributed by atoms with van der Waals surface area (Å²) in [5, 5.41) is 1.93. The molecule has 3 aromatic carbocycles. The molecule has 1 nitrogen and oxygen atoms in total. The van der Waals surface area contributed by atoms with Crippen LogP contribution in [0, 0.1) is 0 Å². The highest BCUT2D eigenvalue weighted by Gasteiger charge is 2.30. The second-order valence-electron chi connectivity index (χ2n) is 4.60. The van der Waals surface area contributed by atoms with Gasteiger partial charge in [0, 0.05) is 5.39 Å². The van der Waals surface area contributed by atoms with Gasteiger partial charge in [0.1, 0.15) is 11.5 Å². The molecule has 114 valence electrons. The number of hydrogen-bond acceptors (Lipinski definition) is 1. The van der Waals surface area contributed by atoms with E-state index in [2.05, 4.69) is 0 Å². The Labute approximate surface area is 127 Å². The van der Waals surface area contributed by atoms with E-state index in [1.54, 1.807) is 6.07 Å². The topological polar surface area (TPSA) is 9.23 Å². The van der Waals surface area contributed by atoms with Crippen LogP contribution in [-0.2, 0) is 6.18 Å². The normalized spacial score (nSPS) is 11.0. The minimum atomic E-state index is -4.34. The molecule has 0 saturated heterocycles. The minimum absolute atomic E-state index is 0. The Morgan fingerprint density at radius 1 is 0.727 bits per heavy atom. The molecule has 3 rings (SSSR count). The monoisotopic (exact) mass is 304 g/mol. The molecule has 0 aliphatic rings. The lowest BCUT2D eigenvalue weighted by Gasteiger charge is -2.10. The van der Waals surface area contributed by atoms with Crippen LogP contribution >= 0.6 is 0 Å². The summed E-state index contributed by atoms with van der Waals surface area (Å²) in [7, 11) is 0. The predicted octanol–water partition coefficient (Wildman–Crippen LogP) is 6.29. The Balaban J connectivity index is 0.00000176. The van der Waals surface area contributed by atoms with E-state index in [-0.39, 0.29) is 7.43 Å². The summed E-state index contributed by atoms with van der Waals surface area (Å²) in [5.41, 5.74) is -0.687. The summed E-state index contributed by atoms with van der Waals surface area (Å²) in [4.78, 5) is 0. The SMILES string of the molecule is C.FC(F)(F)c1ccc(Oc2cccc3ccccc23)cc1. The number of alkyl halides is 3. The van der Waals surface area contributed by atoms with Crippen LogP contribution in [0.2, 0.25) is 0 Å². The Kier molecular flexibility index (Phi) is 4.40. The molecule has 0 radical (unpaired) electrons. The van der Waals surface area contributed by atoms with Crippen molar-refractivity contribution in [3.05, 3.63) is 72.3 Å². The van der Waals surface area contributed by atoms with Gasteiger partial charge in [-0.1, -0.05) is 43.8 Å². The van der Waals surface area contributed by atoms with Crippen molar-refractivity contribution in [3.8, 4) is 11.5 Å². The molecule has 0 aliphatic carbocycles. The first-order valence-corrected chi connectivity index (χ1v) is 6.37. The fourth-order valence-corrected chi connectivity index (χ4v) is 2.12. The van der Waals surface area contributed by atoms with Gasteiger partial charge in [0.2, 0.25) is 0 Å². The lowest BCUT2D eigenvalue weighted by molar-refractivity contribution is -0.137. The molecule has 0 N–H and O–H groups in total. The van der Waals surface area contributed by atoms with Gasteiger partial charge in [0.15, 0.2) is 0 Å². The molecule has 4 heteroatoms. The van der Waals surface area contributed by atoms with E-state index >= 15 is 0 Å². The zero-order valence-electron chi connectivity index (χ0n) is 10.9. The van der Waals surface area contributed by atoms with E-state index in [1.807, 2.05) is 36.4 Å². The maximum Gasteiger partial charge on any atom is 0.416 e. The third-order valence-corrected chi connectivity index (χ3v) is 3.16. The van der Waals surface area contributed by atoms with Gasteiger partial charge in [-0.05, 0) is 35.7 Å². The summed E-state index contributed by atoms with van der Waals surface area (Å²) >= 11 is 0. The largest absolute Gasteiger partial charge is 0.457 e. The first kappa shape index (κ1) is 15.9. The van der Waals surface area contributed by atoms with E-state index in [9.17, 15) is 13.2 Å². The summed E-state index contributed by atoms with van der Waals surface area (Å²) < 4.78 is 43.2. The molecule has 0 saturated carbocycles. The van der Waals surface area contributed by atoms with Crippen molar-refractivity contribution in [3.63, 3.8) is 0 Å². The first-order valence-electron chi connectivity index (χ1n) is 6.37. The Hall–Kier alpha value is -2.49. The molecule has 0 amide bonds. The van der Waals surface area contributed by atoms with Crippen molar-refractivity contribution in [1.29, 1.82) is 0 Å². The average molecular weight is 304 g/mol. The smallest absolute Gasteiger partial charge is 0.416 e. The van der Waals surface area contributed by atoms with Crippen LogP contribution in [0.25, 0.3) is 10.8 Å². The lowest BCUT2D eigenvalue weighted by atomic mass is 10.1. The summed E-state index contributed by atoms with van der Waals surface area (Å²) in [6, 6.07) is 17.9. The summed E-state index contributed by atoms with van der Waals surface area (Å²) in [6.07, 6.45) is -4.34. The predicted molar refractivity (Wildman–Crippen MR) is 82.2 cm³/mol. The van der Waals surface area contributed by atoms with Crippen LogP contribution in [0.5, 0.6) is 11.5 Å². The fraction of sp³-hybridized carbons (Fsp3) is 0.111. The number of fused-ring (bicyclic) bond motifs is 1. The van der Waals surface area contributed by atoms with Gasteiger partial charge in [0.05, 0.1) is 5.56 Å². The number of ether oxygens (including phenoxy) is 1. The Morgan fingerprint density at radius 3 is 2.05 bits per heavy atom. The molecular weight excluding hydrogens is 289 g/mol. The minimum Gasteiger partial charge on any atom is -0.457 e. The van der Waals surface area contributed by atoms with Crippen LogP contribution in [0.15, 0.2) is 66.7 Å². The molecule has 0 spiro atoms. The first-order chi connectivity index (χ1) is 10.0. The van der Waals surface area contributed by atoms with E-state index in [0.29, 0.717) is 11.5 Å². The van der Waals surface area contributed by atoms with E-state index < -0.39 is 11.7 Å². The quantitative estimate of drug-likeness (QED) is 0.541. The van der Waals surface area contributed by atoms with Crippen molar-refractivity contribution in [2.45, 2.75) is 13.6 Å². The highest BCUT2D eigenvalue weighted by atomic mass is 19.4. The molecule has 0 atom stereocenters. The fourth-order valence-electron chi connectivity index (χ4n) is 2.12. The van der Waals surface area contributed by atoms with E-state index in [0.717, 1.165) is 22.9 Å². The van der Waals surface area contributed by atoms with Crippen molar-refractivity contribution >= 4 is 10.8 Å². The maximum absolute atomic E-state index is 12.5. The lowest BCUT2D eigenvalue weighted by Crippen LogP contribution is -2.03. The van der Waals surface area contributed by atoms with Crippen molar-refractivity contribution < 1.29 is 17.9 Å². The molecule has 22 heavy (non-hydrogen) atoms. The van der Waals surface area contributed by atoms with Gasteiger partial charge in [-0.25, -0.2) is 0 Å². The standard InChI is InChI=1S/C17H11F3O.CH4/c18-17(19,20)13-8-10-14(11-9-13)21-16-7-3-5-12-4-1-2-6-15(12)16;/h1-11H;1H4. The van der Waals surface area contributed by atoms with Gasteiger partial charge < -0.3 is 4.74 Å². The zero-order chi connectivity index (χ0) is 14.9. The number of rotatable bonds is 2. The van der Waals surface area contributed by atoms with E-state index in [4.69, 9.17) is 4.74 Å². The molecule has 0 aromatic heterocycles. The highest BCUT2D eigenvalue weighted by molar-refractivity contribution is 5.88. The van der Waals surface area contributed by atoms with E-state index in [1.165, 1.54) is 12.1 Å². The second-order valence-corrected chi connectivity index (χ2v) is 4.60. The molecular formula is C18H15F3O. The number of halogens is 3. The van der Waals surface area contributed by atoms with Gasteiger partial charge in [-0.15, -0.1) is 0 Å². The van der Waals surface area contributed by atoms with Gasteiger partial charge in [-0.3, -0.25) is 0 Å². The molecule has 0 heterocycles. The highest BCUT2D eigenvalue weighted by Crippen LogP contribution is 2.33. The molecule has 0 unspecified atom stereocenters. The van der Waals surface area contributed by atoms with Gasteiger partial charge in [0.25, 0.3) is 0 Å². The Morgan fingerprint density at radius 2 is 1.36 bits per heavy atom. The molecule has 0 fully saturated rings. The molecule has 3 aromatic rings. The van der Waals surface area contributed by atoms with Crippen molar-refractivity contribution in [1.82, 2.24) is 0 Å². The summed E-state index contributed by atoms with van der Waals surface area (Å²) in [6.45, 7) is 0. The Bertz CT molecular complexity index is 756. The van der Waals surface area contributed by atoms with Crippen LogP contribution in [0.1, 0.15) is 13.0 Å². The maximum atomic E-state index is 12.5. The van der Waals surface area contributed by atoms with Crippen molar-refractivity contribution in [2.75, 3.05) is 0 Å². The van der Waals surface area contributed by atoms with Crippen LogP contribution in [-0.4, -0.2) is 0 Å². The molecule has 0 aliphatic heterocycles. The second kappa shape index (κ2) is 6.10. The summed E-state index contributed by atoms with van der Waals surface area (Å²) in [5.74, 6) is 0.993. The van der Waals surface area contributed by atoms with Crippen LogP contribution in [0.3, 0.4) is 0 Å². The van der Waals surface area contributed by atoms with Crippen LogP contribution < -0.4 is 4.74 Å². The number of benzene rings is 3.